The quantitative estimate of drug-likeness (QED) is 0.347. The molecule has 0 aliphatic rings. The molecule has 0 aliphatic heterocycles. The molecule has 0 radical (unpaired) electrons. The Kier molecular flexibility index (Phi) is 6.35. The first kappa shape index (κ1) is 20.7. The van der Waals surface area contributed by atoms with Crippen LogP contribution >= 0.6 is 23.2 Å². The summed E-state index contributed by atoms with van der Waals surface area (Å²) in [6, 6.07) is 21.8. The van der Waals surface area contributed by atoms with Crippen molar-refractivity contribution in [1.82, 2.24) is 25.6 Å². The molecule has 0 atom stereocenters. The van der Waals surface area contributed by atoms with Gasteiger partial charge in [0.15, 0.2) is 0 Å². The summed E-state index contributed by atoms with van der Waals surface area (Å²) in [6.07, 6.45) is 1.50. The largest absolute Gasteiger partial charge is 0.271 e. The molecular weight excluding hydrogens is 435 g/mol. The Morgan fingerprint density at radius 1 is 1.00 bits per heavy atom. The minimum Gasteiger partial charge on any atom is -0.267 e. The van der Waals surface area contributed by atoms with Gasteiger partial charge >= 0.3 is 0 Å². The maximum Gasteiger partial charge on any atom is 0.271 e. The van der Waals surface area contributed by atoms with Gasteiger partial charge in [0.1, 0.15) is 0 Å². The molecule has 1 aromatic heterocycles. The van der Waals surface area contributed by atoms with Gasteiger partial charge in [0, 0.05) is 11.1 Å². The number of rotatable bonds is 6. The fraction of sp³-hybridized carbons (Fsp3) is 0.0455. The fourth-order valence-corrected chi connectivity index (χ4v) is 3.07. The molecule has 0 unspecified atom stereocenters. The second-order valence-electron chi connectivity index (χ2n) is 6.58. The lowest BCUT2D eigenvalue weighted by molar-refractivity contribution is 0.0955. The number of halogens is 2. The molecule has 1 heterocycles. The monoisotopic (exact) mass is 450 g/mol. The average molecular weight is 451 g/mol. The van der Waals surface area contributed by atoms with Gasteiger partial charge in [-0.3, -0.25) is 4.79 Å². The van der Waals surface area contributed by atoms with Crippen LogP contribution in [-0.2, 0) is 6.54 Å². The van der Waals surface area contributed by atoms with Crippen LogP contribution in [0.3, 0.4) is 0 Å². The number of amides is 1. The van der Waals surface area contributed by atoms with Gasteiger partial charge in [0.25, 0.3) is 5.91 Å². The first-order valence-corrected chi connectivity index (χ1v) is 10.0. The van der Waals surface area contributed by atoms with Gasteiger partial charge in [-0.2, -0.15) is 9.90 Å². The molecule has 0 saturated carbocycles. The van der Waals surface area contributed by atoms with E-state index in [1.165, 1.54) is 11.0 Å². The highest BCUT2D eigenvalue weighted by atomic mass is 35.5. The zero-order valence-electron chi connectivity index (χ0n) is 16.1. The van der Waals surface area contributed by atoms with E-state index in [0.717, 1.165) is 16.7 Å². The number of tetrazole rings is 1. The predicted molar refractivity (Wildman–Crippen MR) is 120 cm³/mol. The van der Waals surface area contributed by atoms with Crippen molar-refractivity contribution in [2.75, 3.05) is 0 Å². The van der Waals surface area contributed by atoms with Gasteiger partial charge in [0.2, 0.25) is 5.82 Å². The molecule has 3 aromatic carbocycles. The number of aromatic nitrogens is 4. The lowest BCUT2D eigenvalue weighted by Crippen LogP contribution is -2.17. The van der Waals surface area contributed by atoms with Crippen LogP contribution in [-0.4, -0.2) is 32.3 Å². The Morgan fingerprint density at radius 3 is 2.52 bits per heavy atom. The Morgan fingerprint density at radius 2 is 1.77 bits per heavy atom. The van der Waals surface area contributed by atoms with Crippen molar-refractivity contribution in [3.63, 3.8) is 0 Å². The van der Waals surface area contributed by atoms with Crippen molar-refractivity contribution < 1.29 is 4.79 Å². The number of hydrogen-bond donors (Lipinski definition) is 1. The number of carbonyl (C=O) groups is 1. The first-order chi connectivity index (χ1) is 15.1. The van der Waals surface area contributed by atoms with E-state index in [1.54, 1.807) is 30.3 Å². The maximum atomic E-state index is 12.3. The lowest BCUT2D eigenvalue weighted by Gasteiger charge is -2.03. The summed E-state index contributed by atoms with van der Waals surface area (Å²) in [6.45, 7) is 0.442. The molecule has 4 rings (SSSR count). The van der Waals surface area contributed by atoms with E-state index in [0.29, 0.717) is 28.0 Å². The zero-order chi connectivity index (χ0) is 21.6. The molecular formula is C22H16Cl2N6O. The van der Waals surface area contributed by atoms with Crippen LogP contribution < -0.4 is 5.43 Å². The molecule has 154 valence electrons. The van der Waals surface area contributed by atoms with Crippen molar-refractivity contribution in [3.05, 3.63) is 99.5 Å². The van der Waals surface area contributed by atoms with Gasteiger partial charge in [-0.1, -0.05) is 71.7 Å². The molecule has 0 aliphatic carbocycles. The third kappa shape index (κ3) is 5.33. The smallest absolute Gasteiger partial charge is 0.267 e. The van der Waals surface area contributed by atoms with Crippen LogP contribution in [0.15, 0.2) is 77.9 Å². The normalized spacial score (nSPS) is 11.0. The van der Waals surface area contributed by atoms with Crippen LogP contribution in [0.1, 0.15) is 21.5 Å². The van der Waals surface area contributed by atoms with Gasteiger partial charge in [-0.05, 0) is 40.6 Å². The topological polar surface area (TPSA) is 85.1 Å². The van der Waals surface area contributed by atoms with Gasteiger partial charge < -0.3 is 0 Å². The Labute approximate surface area is 188 Å². The summed E-state index contributed by atoms with van der Waals surface area (Å²) >= 11 is 11.8. The molecule has 0 bridgehead atoms. The Balaban J connectivity index is 1.35. The third-order valence-electron chi connectivity index (χ3n) is 4.35. The van der Waals surface area contributed by atoms with Crippen molar-refractivity contribution in [2.45, 2.75) is 6.54 Å². The summed E-state index contributed by atoms with van der Waals surface area (Å²) in [5.74, 6) is 0.240. The molecule has 0 spiro atoms. The lowest BCUT2D eigenvalue weighted by atomic mass is 10.1. The van der Waals surface area contributed by atoms with Crippen LogP contribution in [0.2, 0.25) is 10.0 Å². The van der Waals surface area contributed by atoms with Gasteiger partial charge in [-0.25, -0.2) is 5.43 Å². The predicted octanol–water partition coefficient (Wildman–Crippen LogP) is 4.46. The van der Waals surface area contributed by atoms with Crippen molar-refractivity contribution >= 4 is 35.3 Å². The number of nitrogens with one attached hydrogen (secondary N) is 1. The third-order valence-corrected chi connectivity index (χ3v) is 5.09. The number of hydrogen-bond acceptors (Lipinski definition) is 5. The van der Waals surface area contributed by atoms with E-state index < -0.39 is 0 Å². The van der Waals surface area contributed by atoms with E-state index in [9.17, 15) is 4.79 Å². The van der Waals surface area contributed by atoms with E-state index >= 15 is 0 Å². The summed E-state index contributed by atoms with van der Waals surface area (Å²) in [5.41, 5.74) is 5.53. The average Bonchev–Trinajstić information content (AvgIpc) is 3.26. The zero-order valence-corrected chi connectivity index (χ0v) is 17.6. The Hall–Kier alpha value is -3.55. The van der Waals surface area contributed by atoms with Crippen LogP contribution in [0.4, 0.5) is 0 Å². The maximum absolute atomic E-state index is 12.3. The van der Waals surface area contributed by atoms with Crippen LogP contribution in [0.5, 0.6) is 0 Å². The molecule has 1 amide bonds. The molecule has 9 heteroatoms. The minimum absolute atomic E-state index is 0.326. The second-order valence-corrected chi connectivity index (χ2v) is 7.39. The van der Waals surface area contributed by atoms with Crippen molar-refractivity contribution in [2.24, 2.45) is 5.10 Å². The summed E-state index contributed by atoms with van der Waals surface area (Å²) < 4.78 is 0. The highest BCUT2D eigenvalue weighted by Crippen LogP contribution is 2.21. The van der Waals surface area contributed by atoms with Crippen LogP contribution in [0, 0.1) is 0 Å². The highest BCUT2D eigenvalue weighted by molar-refractivity contribution is 6.42. The van der Waals surface area contributed by atoms with E-state index in [1.807, 2.05) is 42.5 Å². The molecule has 4 aromatic rings. The standard InChI is InChI=1S/C22H16Cl2N6O/c23-19-11-8-16(12-20(19)24)13-25-27-22(31)18-9-6-15(7-10-18)14-30-28-21(26-29-30)17-4-2-1-3-5-17/h1-13H,14H2,(H,27,31)/b25-13+. The molecule has 7 nitrogen and oxygen atoms in total. The van der Waals surface area contributed by atoms with Crippen molar-refractivity contribution in [3.8, 4) is 11.4 Å². The van der Waals surface area contributed by atoms with Gasteiger partial charge in [0.05, 0.1) is 22.8 Å². The minimum atomic E-state index is -0.326. The van der Waals surface area contributed by atoms with Crippen LogP contribution in [0.25, 0.3) is 11.4 Å². The van der Waals surface area contributed by atoms with E-state index in [-0.39, 0.29) is 5.91 Å². The summed E-state index contributed by atoms with van der Waals surface area (Å²) in [7, 11) is 0. The van der Waals surface area contributed by atoms with Crippen molar-refractivity contribution in [1.29, 1.82) is 0 Å². The molecule has 0 fully saturated rings. The summed E-state index contributed by atoms with van der Waals surface area (Å²) in [5, 5.41) is 17.4. The number of hydrazone groups is 1. The second kappa shape index (κ2) is 9.51. The fourth-order valence-electron chi connectivity index (χ4n) is 2.76. The molecule has 0 saturated heterocycles. The van der Waals surface area contributed by atoms with E-state index in [4.69, 9.17) is 23.2 Å². The van der Waals surface area contributed by atoms with Gasteiger partial charge in [-0.15, -0.1) is 10.2 Å². The summed E-state index contributed by atoms with van der Waals surface area (Å²) in [4.78, 5) is 13.8. The van der Waals surface area contributed by atoms with E-state index in [2.05, 4.69) is 25.9 Å². The highest BCUT2D eigenvalue weighted by Gasteiger charge is 2.08. The molecule has 31 heavy (non-hydrogen) atoms. The number of nitrogens with zero attached hydrogens (tertiary/aromatic N) is 5. The number of carbonyl (C=O) groups excluding carboxylic acids is 1. The Bertz CT molecular complexity index is 1220. The SMILES string of the molecule is O=C(N/N=C/c1ccc(Cl)c(Cl)c1)c1ccc(Cn2nnc(-c3ccccc3)n2)cc1. The first-order valence-electron chi connectivity index (χ1n) is 9.29. The molecule has 1 N–H and O–H groups in total. The number of benzene rings is 3.